The third kappa shape index (κ3) is 4.84. The summed E-state index contributed by atoms with van der Waals surface area (Å²) in [4.78, 5) is 26.6. The highest BCUT2D eigenvalue weighted by atomic mass is 16.5. The zero-order valence-electron chi connectivity index (χ0n) is 19.7. The monoisotopic (exact) mass is 463 g/mol. The van der Waals surface area contributed by atoms with Crippen molar-refractivity contribution in [2.45, 2.75) is 76.4 Å². The first kappa shape index (κ1) is 22.6. The topological polar surface area (TPSA) is 120 Å². The van der Waals surface area contributed by atoms with Crippen LogP contribution in [0, 0.1) is 0 Å². The van der Waals surface area contributed by atoms with Crippen LogP contribution in [0.3, 0.4) is 0 Å². The van der Waals surface area contributed by atoms with E-state index in [1.807, 2.05) is 18.5 Å². The molecule has 34 heavy (non-hydrogen) atoms. The lowest BCUT2D eigenvalue weighted by Gasteiger charge is -2.27. The highest BCUT2D eigenvalue weighted by Gasteiger charge is 2.24. The molecule has 5 rings (SSSR count). The van der Waals surface area contributed by atoms with Gasteiger partial charge in [-0.25, -0.2) is 9.78 Å². The minimum atomic E-state index is -0.345. The zero-order chi connectivity index (χ0) is 23.5. The van der Waals surface area contributed by atoms with Crippen LogP contribution in [0.25, 0.3) is 11.2 Å². The molecule has 0 saturated heterocycles. The maximum Gasteiger partial charge on any atom is 0.338 e. The first-order valence-corrected chi connectivity index (χ1v) is 12.4. The lowest BCUT2D eigenvalue weighted by atomic mass is 9.92. The maximum absolute atomic E-state index is 12.2. The van der Waals surface area contributed by atoms with E-state index in [1.165, 1.54) is 12.8 Å². The maximum atomic E-state index is 12.2. The van der Waals surface area contributed by atoms with Crippen LogP contribution in [0.4, 0.5) is 17.5 Å². The van der Waals surface area contributed by atoms with Crippen LogP contribution >= 0.6 is 0 Å². The Bertz CT molecular complexity index is 1150. The van der Waals surface area contributed by atoms with Crippen molar-refractivity contribution in [1.29, 1.82) is 0 Å². The van der Waals surface area contributed by atoms with E-state index in [0.717, 1.165) is 55.4 Å². The van der Waals surface area contributed by atoms with E-state index in [1.54, 1.807) is 19.1 Å². The van der Waals surface area contributed by atoms with Crippen LogP contribution < -0.4 is 16.4 Å². The normalized spacial score (nSPS) is 21.0. The molecule has 180 valence electrons. The van der Waals surface area contributed by atoms with Gasteiger partial charge in [0.2, 0.25) is 5.95 Å². The van der Waals surface area contributed by atoms with Crippen molar-refractivity contribution in [2.24, 2.45) is 5.73 Å². The Morgan fingerprint density at radius 3 is 2.71 bits per heavy atom. The summed E-state index contributed by atoms with van der Waals surface area (Å²) in [6.45, 7) is 2.13. The smallest absolute Gasteiger partial charge is 0.338 e. The van der Waals surface area contributed by atoms with E-state index >= 15 is 0 Å². The SMILES string of the molecule is CCOC(=O)c1cccc(Nc2nc(N[C@H]3CC[C@H](N)CC3)nc3c2ncn3C2CCCC2)c1. The number of hydrogen-bond donors (Lipinski definition) is 3. The van der Waals surface area contributed by atoms with E-state index in [-0.39, 0.29) is 12.0 Å². The van der Waals surface area contributed by atoms with Crippen molar-refractivity contribution < 1.29 is 9.53 Å². The Balaban J connectivity index is 1.48. The van der Waals surface area contributed by atoms with Gasteiger partial charge in [-0.1, -0.05) is 18.9 Å². The van der Waals surface area contributed by atoms with E-state index < -0.39 is 0 Å². The Hall–Kier alpha value is -3.20. The molecule has 0 bridgehead atoms. The summed E-state index contributed by atoms with van der Waals surface area (Å²) in [5, 5.41) is 6.92. The van der Waals surface area contributed by atoms with Gasteiger partial charge >= 0.3 is 5.97 Å². The summed E-state index contributed by atoms with van der Waals surface area (Å²) in [6.07, 6.45) is 10.7. The molecule has 0 spiro atoms. The summed E-state index contributed by atoms with van der Waals surface area (Å²) in [5.74, 6) is 0.872. The summed E-state index contributed by atoms with van der Waals surface area (Å²) < 4.78 is 7.35. The van der Waals surface area contributed by atoms with Crippen LogP contribution in [-0.4, -0.2) is 44.2 Å². The minimum Gasteiger partial charge on any atom is -0.462 e. The van der Waals surface area contributed by atoms with Gasteiger partial charge in [-0.3, -0.25) is 0 Å². The molecule has 9 heteroatoms. The molecule has 0 amide bonds. The number of ether oxygens (including phenoxy) is 1. The van der Waals surface area contributed by atoms with Gasteiger partial charge in [0.15, 0.2) is 17.0 Å². The average molecular weight is 464 g/mol. The fourth-order valence-electron chi connectivity index (χ4n) is 5.04. The predicted octanol–water partition coefficient (Wildman–Crippen LogP) is 4.54. The molecular weight excluding hydrogens is 430 g/mol. The number of aromatic nitrogens is 4. The minimum absolute atomic E-state index is 0.286. The molecule has 0 atom stereocenters. The Kier molecular flexibility index (Phi) is 6.62. The van der Waals surface area contributed by atoms with Gasteiger partial charge in [-0.15, -0.1) is 0 Å². The zero-order valence-corrected chi connectivity index (χ0v) is 19.7. The molecule has 0 unspecified atom stereocenters. The first-order chi connectivity index (χ1) is 16.6. The summed E-state index contributed by atoms with van der Waals surface area (Å²) in [6, 6.07) is 8.26. The van der Waals surface area contributed by atoms with E-state index in [0.29, 0.717) is 36.0 Å². The number of rotatable bonds is 7. The number of fused-ring (bicyclic) bond motifs is 1. The van der Waals surface area contributed by atoms with Gasteiger partial charge in [-0.2, -0.15) is 9.97 Å². The number of benzene rings is 1. The second-order valence-corrected chi connectivity index (χ2v) is 9.34. The van der Waals surface area contributed by atoms with Gasteiger partial charge in [0.25, 0.3) is 0 Å². The van der Waals surface area contributed by atoms with Crippen molar-refractivity contribution in [3.8, 4) is 0 Å². The Morgan fingerprint density at radius 2 is 1.94 bits per heavy atom. The molecule has 2 aromatic heterocycles. The molecule has 4 N–H and O–H groups in total. The molecule has 2 fully saturated rings. The predicted molar refractivity (Wildman–Crippen MR) is 132 cm³/mol. The molecule has 2 aliphatic rings. The number of hydrogen-bond acceptors (Lipinski definition) is 8. The number of carbonyl (C=O) groups is 1. The molecule has 9 nitrogen and oxygen atoms in total. The van der Waals surface area contributed by atoms with E-state index in [4.69, 9.17) is 20.4 Å². The third-order valence-electron chi connectivity index (χ3n) is 6.88. The number of anilines is 3. The van der Waals surface area contributed by atoms with Gasteiger partial charge in [-0.05, 0) is 63.6 Å². The highest BCUT2D eigenvalue weighted by Crippen LogP contribution is 2.34. The molecule has 0 radical (unpaired) electrons. The van der Waals surface area contributed by atoms with E-state index in [2.05, 4.69) is 20.2 Å². The molecule has 2 heterocycles. The number of carbonyl (C=O) groups excluding carboxylic acids is 1. The Morgan fingerprint density at radius 1 is 1.15 bits per heavy atom. The molecule has 3 aromatic rings. The standard InChI is InChI=1S/C25H33N7O2/c1-2-34-24(33)16-6-5-7-19(14-16)28-22-21-23(32(15-27-21)20-8-3-4-9-20)31-25(30-22)29-18-12-10-17(26)11-13-18/h5-7,14-15,17-18,20H,2-4,8-13,26H2,1H3,(H2,28,29,30,31)/t17-,18-. The lowest BCUT2D eigenvalue weighted by Crippen LogP contribution is -2.33. The summed E-state index contributed by atoms with van der Waals surface area (Å²) >= 11 is 0. The van der Waals surface area contributed by atoms with Gasteiger partial charge in [0.1, 0.15) is 0 Å². The van der Waals surface area contributed by atoms with Crippen LogP contribution in [-0.2, 0) is 4.74 Å². The van der Waals surface area contributed by atoms with Crippen molar-refractivity contribution >= 4 is 34.6 Å². The number of imidazole rings is 1. The van der Waals surface area contributed by atoms with Crippen LogP contribution in [0.15, 0.2) is 30.6 Å². The number of nitrogens with one attached hydrogen (secondary N) is 2. The first-order valence-electron chi connectivity index (χ1n) is 12.4. The van der Waals surface area contributed by atoms with Gasteiger partial charge in [0.05, 0.1) is 18.5 Å². The van der Waals surface area contributed by atoms with Crippen molar-refractivity contribution in [2.75, 3.05) is 17.2 Å². The fraction of sp³-hybridized carbons (Fsp3) is 0.520. The molecule has 1 aromatic carbocycles. The second-order valence-electron chi connectivity index (χ2n) is 9.34. The van der Waals surface area contributed by atoms with Crippen molar-refractivity contribution in [3.63, 3.8) is 0 Å². The van der Waals surface area contributed by atoms with Gasteiger partial charge in [0, 0.05) is 23.8 Å². The molecule has 0 aliphatic heterocycles. The fourth-order valence-corrected chi connectivity index (χ4v) is 5.04. The molecule has 2 aliphatic carbocycles. The largest absolute Gasteiger partial charge is 0.462 e. The second kappa shape index (κ2) is 9.97. The van der Waals surface area contributed by atoms with Gasteiger partial charge < -0.3 is 25.7 Å². The van der Waals surface area contributed by atoms with Crippen LogP contribution in [0.1, 0.15) is 74.7 Å². The molecule has 2 saturated carbocycles. The summed E-state index contributed by atoms with van der Waals surface area (Å²) in [7, 11) is 0. The average Bonchev–Trinajstić information content (AvgIpc) is 3.51. The summed E-state index contributed by atoms with van der Waals surface area (Å²) in [5.41, 5.74) is 8.89. The van der Waals surface area contributed by atoms with Crippen molar-refractivity contribution in [3.05, 3.63) is 36.2 Å². The van der Waals surface area contributed by atoms with Crippen molar-refractivity contribution in [1.82, 2.24) is 19.5 Å². The third-order valence-corrected chi connectivity index (χ3v) is 6.88. The van der Waals surface area contributed by atoms with Crippen LogP contribution in [0.2, 0.25) is 0 Å². The lowest BCUT2D eigenvalue weighted by molar-refractivity contribution is 0.0526. The highest BCUT2D eigenvalue weighted by molar-refractivity contribution is 5.92. The Labute approximate surface area is 199 Å². The van der Waals surface area contributed by atoms with Crippen LogP contribution in [0.5, 0.6) is 0 Å². The number of esters is 1. The molecular formula is C25H33N7O2. The quantitative estimate of drug-likeness (QED) is 0.437. The number of nitrogens with zero attached hydrogens (tertiary/aromatic N) is 4. The van der Waals surface area contributed by atoms with E-state index in [9.17, 15) is 4.79 Å². The number of nitrogens with two attached hydrogens (primary N) is 1.